The van der Waals surface area contributed by atoms with Crippen LogP contribution in [0.25, 0.3) is 0 Å². The van der Waals surface area contributed by atoms with Gasteiger partial charge in [-0.05, 0) is 42.9 Å². The molecule has 0 bridgehead atoms. The second kappa shape index (κ2) is 7.93. The molecule has 0 radical (unpaired) electrons. The topological polar surface area (TPSA) is 119 Å². The molecule has 0 spiro atoms. The molecule has 1 aromatic rings. The standard InChI is InChI=1S/C19H24FN3O6S/c20-16-7-14(23-8-15(29-19(23)25)9-28-18(21)24)1-2-17(16)22-5-3-12(4-6-22)13-10-30(26,27)11-13/h1-2,7,12-13,15H,3-6,8-11H2,(H2,21,24). The Labute approximate surface area is 173 Å². The second-order valence-corrected chi connectivity index (χ2v) is 10.2. The Kier molecular flexibility index (Phi) is 5.48. The lowest BCUT2D eigenvalue weighted by atomic mass is 9.86. The van der Waals surface area contributed by atoms with Gasteiger partial charge in [-0.15, -0.1) is 0 Å². The summed E-state index contributed by atoms with van der Waals surface area (Å²) in [6.07, 6.45) is -0.593. The fourth-order valence-electron chi connectivity index (χ4n) is 4.40. The van der Waals surface area contributed by atoms with Crippen LogP contribution in [0.2, 0.25) is 0 Å². The molecule has 2 amide bonds. The molecule has 11 heteroatoms. The number of cyclic esters (lactones) is 1. The van der Waals surface area contributed by atoms with Gasteiger partial charge in [0.2, 0.25) is 0 Å². The monoisotopic (exact) mass is 441 g/mol. The van der Waals surface area contributed by atoms with Crippen molar-refractivity contribution in [1.82, 2.24) is 0 Å². The molecule has 3 aliphatic heterocycles. The molecule has 0 saturated carbocycles. The summed E-state index contributed by atoms with van der Waals surface area (Å²) < 4.78 is 47.4. The van der Waals surface area contributed by atoms with Crippen molar-refractivity contribution < 1.29 is 31.9 Å². The quantitative estimate of drug-likeness (QED) is 0.735. The molecule has 1 unspecified atom stereocenters. The fourth-order valence-corrected chi connectivity index (χ4v) is 6.15. The van der Waals surface area contributed by atoms with Gasteiger partial charge in [0, 0.05) is 13.1 Å². The van der Waals surface area contributed by atoms with Crippen molar-refractivity contribution in [2.45, 2.75) is 18.9 Å². The smallest absolute Gasteiger partial charge is 0.414 e. The van der Waals surface area contributed by atoms with Crippen LogP contribution >= 0.6 is 0 Å². The van der Waals surface area contributed by atoms with Crippen molar-refractivity contribution in [3.63, 3.8) is 0 Å². The number of piperidine rings is 1. The third-order valence-electron chi connectivity index (χ3n) is 6.01. The lowest BCUT2D eigenvalue weighted by Crippen LogP contribution is -2.45. The van der Waals surface area contributed by atoms with Crippen molar-refractivity contribution in [3.05, 3.63) is 24.0 Å². The zero-order valence-electron chi connectivity index (χ0n) is 16.3. The molecule has 3 fully saturated rings. The minimum absolute atomic E-state index is 0.126. The van der Waals surface area contributed by atoms with Crippen LogP contribution in [0.15, 0.2) is 18.2 Å². The van der Waals surface area contributed by atoms with E-state index in [1.165, 1.54) is 11.0 Å². The summed E-state index contributed by atoms with van der Waals surface area (Å²) in [5.41, 5.74) is 5.73. The fraction of sp³-hybridized carbons (Fsp3) is 0.579. The summed E-state index contributed by atoms with van der Waals surface area (Å²) in [5.74, 6) is 0.709. The van der Waals surface area contributed by atoms with Gasteiger partial charge in [-0.3, -0.25) is 4.90 Å². The van der Waals surface area contributed by atoms with E-state index in [0.717, 1.165) is 12.8 Å². The number of hydrogen-bond acceptors (Lipinski definition) is 7. The molecule has 3 aliphatic rings. The van der Waals surface area contributed by atoms with E-state index in [0.29, 0.717) is 30.4 Å². The summed E-state index contributed by atoms with van der Waals surface area (Å²) in [7, 11) is -2.83. The molecule has 9 nitrogen and oxygen atoms in total. The van der Waals surface area contributed by atoms with Gasteiger partial charge >= 0.3 is 12.2 Å². The number of ether oxygens (including phenoxy) is 2. The van der Waals surface area contributed by atoms with Gasteiger partial charge in [-0.1, -0.05) is 0 Å². The maximum Gasteiger partial charge on any atom is 0.414 e. The minimum Gasteiger partial charge on any atom is -0.446 e. The molecule has 3 heterocycles. The van der Waals surface area contributed by atoms with Gasteiger partial charge in [-0.25, -0.2) is 22.4 Å². The normalized spacial score (nSPS) is 24.4. The number of sulfone groups is 1. The molecule has 30 heavy (non-hydrogen) atoms. The molecule has 0 aliphatic carbocycles. The van der Waals surface area contributed by atoms with Crippen LogP contribution in [-0.2, 0) is 19.3 Å². The average molecular weight is 441 g/mol. The summed E-state index contributed by atoms with van der Waals surface area (Å²) in [5, 5.41) is 0. The van der Waals surface area contributed by atoms with Crippen LogP contribution < -0.4 is 15.5 Å². The van der Waals surface area contributed by atoms with Gasteiger partial charge < -0.3 is 20.1 Å². The number of benzene rings is 1. The Morgan fingerprint density at radius 2 is 1.93 bits per heavy atom. The lowest BCUT2D eigenvalue weighted by molar-refractivity contribution is 0.0779. The van der Waals surface area contributed by atoms with Gasteiger partial charge in [0.05, 0.1) is 29.4 Å². The lowest BCUT2D eigenvalue weighted by Gasteiger charge is -2.40. The summed E-state index contributed by atoms with van der Waals surface area (Å²) in [6, 6.07) is 4.58. The van der Waals surface area contributed by atoms with E-state index in [4.69, 9.17) is 10.5 Å². The van der Waals surface area contributed by atoms with Gasteiger partial charge in [0.25, 0.3) is 0 Å². The van der Waals surface area contributed by atoms with Crippen LogP contribution in [-0.4, -0.2) is 64.5 Å². The molecular formula is C19H24FN3O6S. The largest absolute Gasteiger partial charge is 0.446 e. The van der Waals surface area contributed by atoms with Crippen LogP contribution in [0.3, 0.4) is 0 Å². The molecule has 1 aromatic carbocycles. The number of halogens is 1. The molecular weight excluding hydrogens is 417 g/mol. The highest BCUT2D eigenvalue weighted by Crippen LogP contribution is 2.36. The number of carbonyl (C=O) groups excluding carboxylic acids is 2. The van der Waals surface area contributed by atoms with E-state index in [1.807, 2.05) is 4.90 Å². The van der Waals surface area contributed by atoms with Gasteiger partial charge in [0.1, 0.15) is 12.4 Å². The van der Waals surface area contributed by atoms with E-state index in [2.05, 4.69) is 4.74 Å². The summed E-state index contributed by atoms with van der Waals surface area (Å²) in [6.45, 7) is 1.29. The number of hydrogen-bond donors (Lipinski definition) is 1. The zero-order valence-corrected chi connectivity index (χ0v) is 17.1. The van der Waals surface area contributed by atoms with E-state index in [9.17, 15) is 22.4 Å². The van der Waals surface area contributed by atoms with E-state index >= 15 is 0 Å². The van der Waals surface area contributed by atoms with E-state index in [-0.39, 0.29) is 30.6 Å². The third-order valence-corrected chi connectivity index (χ3v) is 7.88. The van der Waals surface area contributed by atoms with Crippen molar-refractivity contribution in [1.29, 1.82) is 0 Å². The summed E-state index contributed by atoms with van der Waals surface area (Å²) >= 11 is 0. The van der Waals surface area contributed by atoms with Crippen LogP contribution in [0.5, 0.6) is 0 Å². The minimum atomic E-state index is -2.83. The third kappa shape index (κ3) is 4.30. The first-order chi connectivity index (χ1) is 14.2. The van der Waals surface area contributed by atoms with Crippen molar-refractivity contribution in [2.75, 3.05) is 47.5 Å². The Bertz CT molecular complexity index is 936. The Balaban J connectivity index is 1.36. The van der Waals surface area contributed by atoms with Crippen LogP contribution in [0.4, 0.5) is 25.4 Å². The van der Waals surface area contributed by atoms with E-state index < -0.39 is 33.9 Å². The van der Waals surface area contributed by atoms with Crippen LogP contribution in [0.1, 0.15) is 12.8 Å². The Morgan fingerprint density at radius 1 is 1.23 bits per heavy atom. The number of anilines is 2. The number of rotatable bonds is 5. The first kappa shape index (κ1) is 20.7. The maximum atomic E-state index is 14.8. The highest BCUT2D eigenvalue weighted by atomic mass is 32.2. The first-order valence-corrected chi connectivity index (χ1v) is 11.7. The molecule has 4 rings (SSSR count). The van der Waals surface area contributed by atoms with Crippen molar-refractivity contribution >= 4 is 33.4 Å². The van der Waals surface area contributed by atoms with Gasteiger partial charge in [-0.2, -0.15) is 0 Å². The molecule has 0 aromatic heterocycles. The highest BCUT2D eigenvalue weighted by molar-refractivity contribution is 7.92. The Morgan fingerprint density at radius 3 is 2.53 bits per heavy atom. The van der Waals surface area contributed by atoms with Crippen molar-refractivity contribution in [3.8, 4) is 0 Å². The predicted octanol–water partition coefficient (Wildman–Crippen LogP) is 1.51. The summed E-state index contributed by atoms with van der Waals surface area (Å²) in [4.78, 5) is 26.0. The maximum absolute atomic E-state index is 14.8. The Hall–Kier alpha value is -2.56. The first-order valence-electron chi connectivity index (χ1n) is 9.87. The number of amides is 2. The number of nitrogens with two attached hydrogens (primary N) is 1. The number of carbonyl (C=O) groups is 2. The average Bonchev–Trinajstić information content (AvgIpc) is 3.05. The zero-order chi connectivity index (χ0) is 21.5. The van der Waals surface area contributed by atoms with E-state index in [1.54, 1.807) is 12.1 Å². The van der Waals surface area contributed by atoms with Crippen LogP contribution in [0, 0.1) is 17.7 Å². The number of primary amides is 1. The predicted molar refractivity (Wildman–Crippen MR) is 107 cm³/mol. The SMILES string of the molecule is NC(=O)OCC1CN(c2ccc(N3CCC(C4CS(=O)(=O)C4)CC3)c(F)c2)C(=O)O1. The van der Waals surface area contributed by atoms with Crippen molar-refractivity contribution in [2.24, 2.45) is 17.6 Å². The second-order valence-electron chi connectivity index (χ2n) is 8.04. The molecule has 3 saturated heterocycles. The molecule has 164 valence electrons. The molecule has 1 atom stereocenters. The van der Waals surface area contributed by atoms with Gasteiger partial charge in [0.15, 0.2) is 15.9 Å². The highest BCUT2D eigenvalue weighted by Gasteiger charge is 2.40. The molecule has 2 N–H and O–H groups in total. The number of nitrogens with zero attached hydrogens (tertiary/aromatic N) is 2.